The van der Waals surface area contributed by atoms with Crippen LogP contribution in [0.4, 0.5) is 0 Å². The third-order valence-electron chi connectivity index (χ3n) is 4.84. The number of aromatic nitrogens is 6. The second-order valence-electron chi connectivity index (χ2n) is 8.80. The van der Waals surface area contributed by atoms with Crippen molar-refractivity contribution in [3.05, 3.63) is 51.1 Å². The molecule has 20 heteroatoms. The molecular weight excluding hydrogens is 663 g/mol. The van der Waals surface area contributed by atoms with Crippen molar-refractivity contribution in [2.24, 2.45) is 0 Å². The molecule has 0 amide bonds. The second-order valence-corrected chi connectivity index (χ2v) is 9.93. The lowest BCUT2D eigenvalue weighted by Crippen LogP contribution is -2.20. The minimum absolute atomic E-state index is 0.0593. The Kier molecular flexibility index (Phi) is 17.3. The van der Waals surface area contributed by atoms with Gasteiger partial charge < -0.3 is 39.3 Å². The molecule has 0 aliphatic rings. The molecule has 0 aromatic carbocycles. The quantitative estimate of drug-likeness (QED) is 0.219. The summed E-state index contributed by atoms with van der Waals surface area (Å²) < 4.78 is 15.2. The Balaban J connectivity index is 0.000000343. The molecule has 17 nitrogen and oxygen atoms in total. The van der Waals surface area contributed by atoms with Gasteiger partial charge in [-0.15, -0.1) is 0 Å². The summed E-state index contributed by atoms with van der Waals surface area (Å²) in [7, 11) is 9.06. The molecule has 0 atom stereocenters. The van der Waals surface area contributed by atoms with Gasteiger partial charge in [0.05, 0.1) is 13.7 Å². The number of rotatable bonds is 13. The van der Waals surface area contributed by atoms with Crippen LogP contribution in [-0.4, -0.2) is 135 Å². The highest BCUT2D eigenvalue weighted by Crippen LogP contribution is 2.25. The highest BCUT2D eigenvalue weighted by molar-refractivity contribution is 6.35. The van der Waals surface area contributed by atoms with E-state index >= 15 is 0 Å². The van der Waals surface area contributed by atoms with Gasteiger partial charge in [-0.2, -0.15) is 0 Å². The Morgan fingerprint density at radius 2 is 0.978 bits per heavy atom. The third-order valence-corrected chi connectivity index (χ3v) is 5.86. The van der Waals surface area contributed by atoms with Crippen molar-refractivity contribution in [1.29, 1.82) is 0 Å². The minimum Gasteiger partial charge on any atom is -0.480 e. The maximum absolute atomic E-state index is 10.8. The van der Waals surface area contributed by atoms with Crippen LogP contribution in [0.5, 0.6) is 17.6 Å². The van der Waals surface area contributed by atoms with E-state index in [9.17, 15) is 14.4 Å². The molecule has 3 aromatic heterocycles. The zero-order chi connectivity index (χ0) is 34.1. The maximum Gasteiger partial charge on any atom is 0.356 e. The fraction of sp³-hybridized carbons (Fsp3) is 0.400. The first-order chi connectivity index (χ1) is 21.2. The summed E-state index contributed by atoms with van der Waals surface area (Å²) in [4.78, 5) is 57.6. The van der Waals surface area contributed by atoms with Crippen LogP contribution in [-0.2, 0) is 0 Å². The number of ether oxygens (including phenoxy) is 3. The zero-order valence-corrected chi connectivity index (χ0v) is 27.0. The first-order valence-corrected chi connectivity index (χ1v) is 13.6. The number of hydrogen-bond acceptors (Lipinski definition) is 14. The molecule has 45 heavy (non-hydrogen) atoms. The van der Waals surface area contributed by atoms with Gasteiger partial charge in [0, 0.05) is 13.1 Å². The largest absolute Gasteiger partial charge is 0.480 e. The van der Waals surface area contributed by atoms with E-state index in [1.807, 2.05) is 38.0 Å². The molecule has 0 radical (unpaired) electrons. The summed E-state index contributed by atoms with van der Waals surface area (Å²) >= 11 is 17.2. The molecule has 3 rings (SSSR count). The van der Waals surface area contributed by atoms with Gasteiger partial charge in [0.2, 0.25) is 17.6 Å². The molecule has 0 spiro atoms. The number of likely N-dealkylation sites (N-methyl/N-ethyl adjacent to an activating group) is 1. The highest BCUT2D eigenvalue weighted by atomic mass is 35.5. The van der Waals surface area contributed by atoms with Gasteiger partial charge in [0.25, 0.3) is 0 Å². The van der Waals surface area contributed by atoms with Crippen molar-refractivity contribution in [1.82, 2.24) is 39.7 Å². The number of nitrogens with zero attached hydrogens (tertiary/aromatic N) is 8. The van der Waals surface area contributed by atoms with E-state index in [0.29, 0.717) is 19.8 Å². The van der Waals surface area contributed by atoms with Crippen molar-refractivity contribution >= 4 is 52.7 Å². The summed E-state index contributed by atoms with van der Waals surface area (Å²) in [5.74, 6) is -3.35. The van der Waals surface area contributed by atoms with E-state index in [2.05, 4.69) is 34.6 Å². The molecule has 0 aliphatic carbocycles. The smallest absolute Gasteiger partial charge is 0.356 e. The fourth-order valence-electron chi connectivity index (χ4n) is 2.73. The molecule has 0 saturated heterocycles. The van der Waals surface area contributed by atoms with Gasteiger partial charge in [0.15, 0.2) is 17.1 Å². The molecule has 246 valence electrons. The van der Waals surface area contributed by atoms with E-state index in [0.717, 1.165) is 31.9 Å². The lowest BCUT2D eigenvalue weighted by molar-refractivity contribution is 0.0679. The number of aromatic carboxylic acids is 3. The Morgan fingerprint density at radius 3 is 1.33 bits per heavy atom. The van der Waals surface area contributed by atoms with Crippen molar-refractivity contribution in [3.63, 3.8) is 0 Å². The molecule has 0 saturated carbocycles. The first kappa shape index (κ1) is 38.9. The van der Waals surface area contributed by atoms with E-state index < -0.39 is 17.9 Å². The Bertz CT molecular complexity index is 1430. The lowest BCUT2D eigenvalue weighted by atomic mass is 10.4. The van der Waals surface area contributed by atoms with Crippen molar-refractivity contribution in [2.75, 3.05) is 61.6 Å². The van der Waals surface area contributed by atoms with Crippen LogP contribution in [0.2, 0.25) is 15.1 Å². The van der Waals surface area contributed by atoms with Crippen LogP contribution >= 0.6 is 34.8 Å². The van der Waals surface area contributed by atoms with E-state index in [-0.39, 0.29) is 49.8 Å². The number of hydrogen-bond donors (Lipinski definition) is 3. The van der Waals surface area contributed by atoms with Crippen LogP contribution in [0.15, 0.2) is 19.0 Å². The summed E-state index contributed by atoms with van der Waals surface area (Å²) in [6.45, 7) is 2.36. The van der Waals surface area contributed by atoms with E-state index in [1.54, 1.807) is 0 Å². The standard InChI is InChI=1S/C10H14ClN3O3.C9H12ClN3O3.C6H5ClN2O3/c1-14(2)4-3-5-17-9-7(11)8(10(15)16)12-6-13-9;1-13(2)3-4-16-8-6(10)7(9(14)15)11-5-12-8;1-12-5-3(7)4(6(10)11)8-2-9-5/h6H,3-5H2,1-2H3,(H,15,16);5H,3-4H2,1-2H3,(H,14,15);2H,1H3,(H,10,11). The zero-order valence-electron chi connectivity index (χ0n) is 24.8. The highest BCUT2D eigenvalue weighted by Gasteiger charge is 2.17. The van der Waals surface area contributed by atoms with Gasteiger partial charge in [-0.05, 0) is 34.6 Å². The average molecular weight is 694 g/mol. The summed E-state index contributed by atoms with van der Waals surface area (Å²) in [5.41, 5.74) is -0.760. The number of carboxylic acid groups (broad SMARTS) is 3. The summed E-state index contributed by atoms with van der Waals surface area (Å²) in [6, 6.07) is 0. The lowest BCUT2D eigenvalue weighted by Gasteiger charge is -2.11. The third kappa shape index (κ3) is 13.6. The number of carbonyl (C=O) groups is 3. The van der Waals surface area contributed by atoms with Gasteiger partial charge in [-0.25, -0.2) is 44.3 Å². The Hall–Kier alpha value is -4.16. The molecular formula is C25H31Cl3N8O9. The molecule has 0 aliphatic heterocycles. The second kappa shape index (κ2) is 20.0. The fourth-order valence-corrected chi connectivity index (χ4v) is 3.45. The maximum atomic E-state index is 10.8. The van der Waals surface area contributed by atoms with E-state index in [4.69, 9.17) is 59.6 Å². The molecule has 0 unspecified atom stereocenters. The van der Waals surface area contributed by atoms with Crippen LogP contribution in [0, 0.1) is 0 Å². The topological polar surface area (TPSA) is 223 Å². The SMILES string of the molecule is CN(C)CCCOc1ncnc(C(=O)O)c1Cl.CN(C)CCOc1ncnc(C(=O)O)c1Cl.COc1ncnc(C(=O)O)c1Cl. The normalized spacial score (nSPS) is 10.3. The predicted molar refractivity (Wildman–Crippen MR) is 161 cm³/mol. The number of carboxylic acids is 3. The molecule has 3 aromatic rings. The van der Waals surface area contributed by atoms with E-state index in [1.165, 1.54) is 7.11 Å². The average Bonchev–Trinajstić information content (AvgIpc) is 2.97. The monoisotopic (exact) mass is 692 g/mol. The Morgan fingerprint density at radius 1 is 0.622 bits per heavy atom. The van der Waals surface area contributed by atoms with Crippen LogP contribution < -0.4 is 14.2 Å². The van der Waals surface area contributed by atoms with Crippen LogP contribution in [0.1, 0.15) is 37.9 Å². The first-order valence-electron chi connectivity index (χ1n) is 12.5. The summed E-state index contributed by atoms with van der Waals surface area (Å²) in [6.07, 6.45) is 4.11. The van der Waals surface area contributed by atoms with Crippen molar-refractivity contribution < 1.29 is 43.9 Å². The molecule has 0 fully saturated rings. The van der Waals surface area contributed by atoms with Crippen molar-refractivity contribution in [2.45, 2.75) is 6.42 Å². The van der Waals surface area contributed by atoms with Gasteiger partial charge in [-0.3, -0.25) is 0 Å². The van der Waals surface area contributed by atoms with Crippen LogP contribution in [0.3, 0.4) is 0 Å². The number of halogens is 3. The minimum atomic E-state index is -1.21. The van der Waals surface area contributed by atoms with Gasteiger partial charge in [-0.1, -0.05) is 34.8 Å². The van der Waals surface area contributed by atoms with Crippen LogP contribution in [0.25, 0.3) is 0 Å². The Labute approximate surface area is 272 Å². The van der Waals surface area contributed by atoms with Gasteiger partial charge in [0.1, 0.15) is 40.7 Å². The van der Waals surface area contributed by atoms with Crippen molar-refractivity contribution in [3.8, 4) is 17.6 Å². The molecule has 0 bridgehead atoms. The predicted octanol–water partition coefficient (Wildman–Crippen LogP) is 2.76. The summed E-state index contributed by atoms with van der Waals surface area (Å²) in [5, 5.41) is 25.9. The molecule has 3 heterocycles. The van der Waals surface area contributed by atoms with Gasteiger partial charge >= 0.3 is 17.9 Å². The molecule has 3 N–H and O–H groups in total. The number of methoxy groups -OCH3 is 1.